The van der Waals surface area contributed by atoms with Crippen LogP contribution in [-0.2, 0) is 11.3 Å². The van der Waals surface area contributed by atoms with Crippen molar-refractivity contribution in [3.8, 4) is 5.75 Å². The number of aliphatic hydroxyl groups excluding tert-OH is 3. The summed E-state index contributed by atoms with van der Waals surface area (Å²) in [6, 6.07) is 13.4. The van der Waals surface area contributed by atoms with Crippen LogP contribution in [0, 0.1) is 5.82 Å². The summed E-state index contributed by atoms with van der Waals surface area (Å²) in [4.78, 5) is 12.7. The Bertz CT molecular complexity index is 1350. The third kappa shape index (κ3) is 4.88. The molecule has 1 fully saturated rings. The number of benzene rings is 2. The fourth-order valence-electron chi connectivity index (χ4n) is 3.80. The first-order valence-electron chi connectivity index (χ1n) is 11.1. The predicted molar refractivity (Wildman–Crippen MR) is 127 cm³/mol. The number of nitrogens with zero attached hydrogens (tertiary/aromatic N) is 5. The van der Waals surface area contributed by atoms with Crippen molar-refractivity contribution >= 4 is 23.2 Å². The molecule has 2 aromatic carbocycles. The largest absolute Gasteiger partial charge is 0.489 e. The summed E-state index contributed by atoms with van der Waals surface area (Å²) in [5, 5.41) is 33.9. The van der Waals surface area contributed by atoms with Gasteiger partial charge in [-0.3, -0.25) is 9.99 Å². The lowest BCUT2D eigenvalue weighted by Crippen LogP contribution is -2.33. The van der Waals surface area contributed by atoms with Crippen LogP contribution in [0.25, 0.3) is 11.2 Å². The maximum Gasteiger partial charge on any atom is 0.177 e. The standard InChI is InChI=1S/C24H23FN6O5/c25-16-5-1-15(2-6-16)11-35-17-7-3-14(4-8-17)9-29-30-22-19-23(27-12-26-22)31(13-28-19)24-21(34)20(33)18(10-32)36-24/h1-9,12-13,18,20-21,24,32-34H,10-11H2,(H,26,27,30)/b29-9+/t18-,20-,21-,24-/m1/s1. The van der Waals surface area contributed by atoms with Gasteiger partial charge < -0.3 is 24.8 Å². The van der Waals surface area contributed by atoms with Crippen LogP contribution in [0.4, 0.5) is 10.2 Å². The van der Waals surface area contributed by atoms with E-state index >= 15 is 0 Å². The van der Waals surface area contributed by atoms with Crippen molar-refractivity contribution in [2.24, 2.45) is 5.10 Å². The Labute approximate surface area is 204 Å². The van der Waals surface area contributed by atoms with Crippen molar-refractivity contribution in [1.82, 2.24) is 19.5 Å². The van der Waals surface area contributed by atoms with E-state index in [4.69, 9.17) is 9.47 Å². The summed E-state index contributed by atoms with van der Waals surface area (Å²) < 4.78 is 25.7. The molecule has 0 unspecified atom stereocenters. The van der Waals surface area contributed by atoms with E-state index in [9.17, 15) is 19.7 Å². The molecule has 4 N–H and O–H groups in total. The van der Waals surface area contributed by atoms with Crippen LogP contribution >= 0.6 is 0 Å². The summed E-state index contributed by atoms with van der Waals surface area (Å²) >= 11 is 0. The van der Waals surface area contributed by atoms with Gasteiger partial charge in [-0.05, 0) is 47.5 Å². The predicted octanol–water partition coefficient (Wildman–Crippen LogP) is 1.60. The Morgan fingerprint density at radius 2 is 1.83 bits per heavy atom. The van der Waals surface area contributed by atoms with Gasteiger partial charge in [-0.25, -0.2) is 19.3 Å². The second kappa shape index (κ2) is 10.3. The number of halogens is 1. The zero-order valence-electron chi connectivity index (χ0n) is 18.8. The van der Waals surface area contributed by atoms with E-state index in [0.717, 1.165) is 11.1 Å². The van der Waals surface area contributed by atoms with Gasteiger partial charge in [0.15, 0.2) is 23.2 Å². The van der Waals surface area contributed by atoms with E-state index in [2.05, 4.69) is 25.5 Å². The molecule has 5 rings (SSSR count). The normalized spacial score (nSPS) is 21.9. The summed E-state index contributed by atoms with van der Waals surface area (Å²) in [7, 11) is 0. The molecule has 11 nitrogen and oxygen atoms in total. The highest BCUT2D eigenvalue weighted by atomic mass is 19.1. The second-order valence-electron chi connectivity index (χ2n) is 8.13. The molecule has 3 heterocycles. The van der Waals surface area contributed by atoms with Gasteiger partial charge in [-0.2, -0.15) is 5.10 Å². The molecule has 0 amide bonds. The molecule has 4 aromatic rings. The first-order valence-corrected chi connectivity index (χ1v) is 11.1. The number of anilines is 1. The Balaban J connectivity index is 1.23. The summed E-state index contributed by atoms with van der Waals surface area (Å²) in [5.74, 6) is 0.711. The van der Waals surface area contributed by atoms with E-state index < -0.39 is 31.1 Å². The minimum absolute atomic E-state index is 0.287. The number of aromatic nitrogens is 4. The van der Waals surface area contributed by atoms with Gasteiger partial charge in [-0.1, -0.05) is 12.1 Å². The number of fused-ring (bicyclic) bond motifs is 1. The molecule has 0 radical (unpaired) electrons. The number of rotatable bonds is 8. The first-order chi connectivity index (χ1) is 17.5. The molecule has 0 spiro atoms. The van der Waals surface area contributed by atoms with Crippen molar-refractivity contribution in [3.63, 3.8) is 0 Å². The van der Waals surface area contributed by atoms with Gasteiger partial charge in [0, 0.05) is 0 Å². The van der Waals surface area contributed by atoms with Crippen LogP contribution in [0.2, 0.25) is 0 Å². The van der Waals surface area contributed by atoms with E-state index in [0.29, 0.717) is 29.3 Å². The van der Waals surface area contributed by atoms with E-state index in [1.165, 1.54) is 29.4 Å². The minimum Gasteiger partial charge on any atom is -0.489 e. The topological polar surface area (TPSA) is 147 Å². The van der Waals surface area contributed by atoms with Crippen molar-refractivity contribution in [1.29, 1.82) is 0 Å². The van der Waals surface area contributed by atoms with Gasteiger partial charge in [0.25, 0.3) is 0 Å². The molecule has 12 heteroatoms. The Morgan fingerprint density at radius 1 is 1.06 bits per heavy atom. The Morgan fingerprint density at radius 3 is 2.56 bits per heavy atom. The van der Waals surface area contributed by atoms with Gasteiger partial charge in [-0.15, -0.1) is 0 Å². The van der Waals surface area contributed by atoms with Crippen LogP contribution in [0.5, 0.6) is 5.75 Å². The highest BCUT2D eigenvalue weighted by Crippen LogP contribution is 2.32. The molecular weight excluding hydrogens is 471 g/mol. The van der Waals surface area contributed by atoms with Crippen molar-refractivity contribution in [2.75, 3.05) is 12.0 Å². The molecule has 2 aromatic heterocycles. The lowest BCUT2D eigenvalue weighted by atomic mass is 10.1. The third-order valence-electron chi connectivity index (χ3n) is 5.73. The number of nitrogens with one attached hydrogen (secondary N) is 1. The SMILES string of the molecule is OC[C@H]1O[C@@H](n2cnc3c(N/N=C/c4ccc(OCc5ccc(F)cc5)cc4)ncnc32)[C@H](O)[C@@H]1O. The molecule has 1 aliphatic heterocycles. The number of aliphatic hydroxyl groups is 3. The summed E-state index contributed by atoms with van der Waals surface area (Å²) in [5.41, 5.74) is 5.25. The zero-order chi connectivity index (χ0) is 25.1. The quantitative estimate of drug-likeness (QED) is 0.212. The molecule has 4 atom stereocenters. The van der Waals surface area contributed by atoms with Gasteiger partial charge in [0.1, 0.15) is 42.8 Å². The lowest BCUT2D eigenvalue weighted by Gasteiger charge is -2.16. The average molecular weight is 494 g/mol. The second-order valence-corrected chi connectivity index (χ2v) is 8.13. The number of hydrogen-bond acceptors (Lipinski definition) is 10. The van der Waals surface area contributed by atoms with Gasteiger partial charge >= 0.3 is 0 Å². The van der Waals surface area contributed by atoms with E-state index in [1.807, 2.05) is 12.1 Å². The van der Waals surface area contributed by atoms with E-state index in [1.54, 1.807) is 30.5 Å². The van der Waals surface area contributed by atoms with Crippen LogP contribution in [0.3, 0.4) is 0 Å². The first kappa shape index (κ1) is 23.8. The lowest BCUT2D eigenvalue weighted by molar-refractivity contribution is -0.0511. The van der Waals surface area contributed by atoms with Crippen molar-refractivity contribution in [2.45, 2.75) is 31.1 Å². The maximum absolute atomic E-state index is 13.0. The molecule has 0 bridgehead atoms. The van der Waals surface area contributed by atoms with Crippen molar-refractivity contribution in [3.05, 3.63) is 78.1 Å². The molecule has 0 aliphatic carbocycles. The van der Waals surface area contributed by atoms with Gasteiger partial charge in [0.05, 0.1) is 19.1 Å². The summed E-state index contributed by atoms with van der Waals surface area (Å²) in [6.45, 7) is -0.104. The molecule has 36 heavy (non-hydrogen) atoms. The zero-order valence-corrected chi connectivity index (χ0v) is 18.8. The highest BCUT2D eigenvalue weighted by molar-refractivity contribution is 5.84. The average Bonchev–Trinajstić information content (AvgIpc) is 3.45. The molecule has 186 valence electrons. The summed E-state index contributed by atoms with van der Waals surface area (Å²) in [6.07, 6.45) is -0.0384. The fourth-order valence-corrected chi connectivity index (χ4v) is 3.80. The maximum atomic E-state index is 13.0. The Kier molecular flexibility index (Phi) is 6.82. The Hall–Kier alpha value is -3.97. The van der Waals surface area contributed by atoms with Crippen LogP contribution in [-0.4, -0.2) is 66.0 Å². The molecule has 1 aliphatic rings. The van der Waals surface area contributed by atoms with Crippen LogP contribution in [0.1, 0.15) is 17.4 Å². The molecular formula is C24H23FN6O5. The highest BCUT2D eigenvalue weighted by Gasteiger charge is 2.44. The minimum atomic E-state index is -1.26. The number of imidazole rings is 1. The smallest absolute Gasteiger partial charge is 0.177 e. The monoisotopic (exact) mass is 494 g/mol. The van der Waals surface area contributed by atoms with Crippen LogP contribution in [0.15, 0.2) is 66.3 Å². The number of hydrazone groups is 1. The van der Waals surface area contributed by atoms with E-state index in [-0.39, 0.29) is 5.82 Å². The molecule has 0 saturated carbocycles. The van der Waals surface area contributed by atoms with Gasteiger partial charge in [0.2, 0.25) is 0 Å². The fraction of sp³-hybridized carbons (Fsp3) is 0.250. The third-order valence-corrected chi connectivity index (χ3v) is 5.73. The number of ether oxygens (including phenoxy) is 2. The van der Waals surface area contributed by atoms with Crippen LogP contribution < -0.4 is 10.2 Å². The van der Waals surface area contributed by atoms with Crippen molar-refractivity contribution < 1.29 is 29.2 Å². The molecule has 1 saturated heterocycles. The number of hydrogen-bond donors (Lipinski definition) is 4.